The van der Waals surface area contributed by atoms with Gasteiger partial charge in [0.15, 0.2) is 5.96 Å². The first kappa shape index (κ1) is 11.7. The van der Waals surface area contributed by atoms with Crippen LogP contribution in [0.5, 0.6) is 0 Å². The van der Waals surface area contributed by atoms with E-state index in [4.69, 9.17) is 17.3 Å². The average Bonchev–Trinajstić information content (AvgIpc) is 2.18. The molecule has 0 spiro atoms. The molecular formula is C11H13BrClN3. The number of guanidine groups is 1. The van der Waals surface area contributed by atoms with Crippen molar-refractivity contribution in [2.24, 2.45) is 10.7 Å². The minimum Gasteiger partial charge on any atom is -0.370 e. The third-order valence-corrected chi connectivity index (χ3v) is 3.96. The number of benzene rings is 1. The molecule has 0 aromatic heterocycles. The van der Waals surface area contributed by atoms with E-state index >= 15 is 0 Å². The molecule has 0 unspecified atom stereocenters. The Morgan fingerprint density at radius 2 is 2.25 bits per heavy atom. The van der Waals surface area contributed by atoms with Gasteiger partial charge in [-0.25, -0.2) is 4.99 Å². The highest BCUT2D eigenvalue weighted by molar-refractivity contribution is 9.10. The smallest absolute Gasteiger partial charge is 0.191 e. The Hall–Kier alpha value is -0.740. The molecule has 2 N–H and O–H groups in total. The molecule has 86 valence electrons. The quantitative estimate of drug-likeness (QED) is 0.674. The predicted octanol–water partition coefficient (Wildman–Crippen LogP) is 2.62. The second kappa shape index (κ2) is 5.06. The summed E-state index contributed by atoms with van der Waals surface area (Å²) in [4.78, 5) is 6.39. The van der Waals surface area contributed by atoms with Crippen LogP contribution in [0.15, 0.2) is 27.7 Å². The van der Waals surface area contributed by atoms with Crippen molar-refractivity contribution in [2.75, 3.05) is 13.1 Å². The van der Waals surface area contributed by atoms with Crippen molar-refractivity contribution in [1.29, 1.82) is 0 Å². The summed E-state index contributed by atoms with van der Waals surface area (Å²) in [7, 11) is 0. The fourth-order valence-corrected chi connectivity index (χ4v) is 2.08. The molecular weight excluding hydrogens is 289 g/mol. The lowest BCUT2D eigenvalue weighted by Gasteiger charge is -2.31. The van der Waals surface area contributed by atoms with Gasteiger partial charge in [-0.2, -0.15) is 0 Å². The number of nitrogens with two attached hydrogens (primary N) is 1. The number of halogens is 2. The molecule has 1 heterocycles. The highest BCUT2D eigenvalue weighted by Gasteiger charge is 2.15. The zero-order valence-electron chi connectivity index (χ0n) is 8.79. The van der Waals surface area contributed by atoms with Crippen LogP contribution in [0.2, 0.25) is 5.02 Å². The van der Waals surface area contributed by atoms with Crippen molar-refractivity contribution in [2.45, 2.75) is 13.0 Å². The molecule has 0 bridgehead atoms. The van der Waals surface area contributed by atoms with Gasteiger partial charge in [0.25, 0.3) is 0 Å². The summed E-state index contributed by atoms with van der Waals surface area (Å²) in [5, 5.41) is 0.711. The first-order valence-corrected chi connectivity index (χ1v) is 6.33. The van der Waals surface area contributed by atoms with Crippen molar-refractivity contribution in [3.05, 3.63) is 33.3 Å². The molecule has 0 saturated carbocycles. The number of nitrogens with zero attached hydrogens (tertiary/aromatic N) is 2. The van der Waals surface area contributed by atoms with E-state index in [-0.39, 0.29) is 0 Å². The Morgan fingerprint density at radius 1 is 1.50 bits per heavy atom. The van der Waals surface area contributed by atoms with E-state index in [1.165, 1.54) is 6.42 Å². The minimum absolute atomic E-state index is 0.528. The van der Waals surface area contributed by atoms with E-state index in [2.05, 4.69) is 25.8 Å². The maximum absolute atomic E-state index is 6.13. The van der Waals surface area contributed by atoms with Crippen molar-refractivity contribution in [1.82, 2.24) is 4.90 Å². The second-order valence-corrected chi connectivity index (χ2v) is 4.96. The minimum atomic E-state index is 0.528. The fourth-order valence-electron chi connectivity index (χ4n) is 1.48. The zero-order valence-corrected chi connectivity index (χ0v) is 11.1. The normalized spacial score (nSPS) is 16.1. The lowest BCUT2D eigenvalue weighted by Crippen LogP contribution is -2.46. The molecule has 2 rings (SSSR count). The summed E-state index contributed by atoms with van der Waals surface area (Å²) in [6.07, 6.45) is 1.20. The van der Waals surface area contributed by atoms with Crippen LogP contribution >= 0.6 is 27.5 Å². The Labute approximate surface area is 108 Å². The molecule has 1 aromatic rings. The second-order valence-electron chi connectivity index (χ2n) is 3.73. The van der Waals surface area contributed by atoms with Gasteiger partial charge in [-0.1, -0.05) is 23.7 Å². The van der Waals surface area contributed by atoms with Crippen molar-refractivity contribution < 1.29 is 0 Å². The van der Waals surface area contributed by atoms with Crippen molar-refractivity contribution >= 4 is 33.5 Å². The zero-order chi connectivity index (χ0) is 11.5. The van der Waals surface area contributed by atoms with E-state index in [1.807, 2.05) is 18.2 Å². The first-order valence-electron chi connectivity index (χ1n) is 5.16. The van der Waals surface area contributed by atoms with Gasteiger partial charge in [-0.05, 0) is 34.0 Å². The third-order valence-electron chi connectivity index (χ3n) is 2.62. The van der Waals surface area contributed by atoms with Gasteiger partial charge < -0.3 is 10.6 Å². The van der Waals surface area contributed by atoms with E-state index in [1.54, 1.807) is 0 Å². The monoisotopic (exact) mass is 301 g/mol. The van der Waals surface area contributed by atoms with Crippen molar-refractivity contribution in [3.8, 4) is 0 Å². The molecule has 1 fully saturated rings. The van der Waals surface area contributed by atoms with Gasteiger partial charge >= 0.3 is 0 Å². The molecule has 0 aliphatic carbocycles. The van der Waals surface area contributed by atoms with E-state index in [9.17, 15) is 0 Å². The lowest BCUT2D eigenvalue weighted by atomic mass is 10.2. The molecule has 0 radical (unpaired) electrons. The Morgan fingerprint density at radius 3 is 2.88 bits per heavy atom. The number of hydrogen-bond donors (Lipinski definition) is 1. The molecule has 16 heavy (non-hydrogen) atoms. The summed E-state index contributed by atoms with van der Waals surface area (Å²) in [5.74, 6) is 0.613. The van der Waals surface area contributed by atoms with Gasteiger partial charge in [0.1, 0.15) is 0 Å². The maximum Gasteiger partial charge on any atom is 0.191 e. The van der Waals surface area contributed by atoms with E-state index in [0.29, 0.717) is 17.5 Å². The molecule has 1 aromatic carbocycles. The van der Waals surface area contributed by atoms with Crippen LogP contribution in [0.3, 0.4) is 0 Å². The average molecular weight is 303 g/mol. The number of hydrogen-bond acceptors (Lipinski definition) is 1. The van der Waals surface area contributed by atoms with Gasteiger partial charge in [0.05, 0.1) is 11.6 Å². The Balaban J connectivity index is 2.06. The highest BCUT2D eigenvalue weighted by atomic mass is 79.9. The van der Waals surface area contributed by atoms with Crippen LogP contribution in [-0.2, 0) is 6.54 Å². The molecule has 1 aliphatic rings. The Kier molecular flexibility index (Phi) is 3.71. The van der Waals surface area contributed by atoms with Gasteiger partial charge in [0.2, 0.25) is 0 Å². The molecule has 1 saturated heterocycles. The summed E-state index contributed by atoms with van der Waals surface area (Å²) in [6.45, 7) is 2.56. The van der Waals surface area contributed by atoms with Crippen LogP contribution in [0.1, 0.15) is 12.0 Å². The maximum atomic E-state index is 6.13. The molecule has 0 amide bonds. The Bertz CT molecular complexity index is 416. The van der Waals surface area contributed by atoms with Crippen molar-refractivity contribution in [3.63, 3.8) is 0 Å². The lowest BCUT2D eigenvalue weighted by molar-refractivity contribution is 0.295. The fraction of sp³-hybridized carbons (Fsp3) is 0.364. The van der Waals surface area contributed by atoms with Crippen LogP contribution in [0.4, 0.5) is 0 Å². The van der Waals surface area contributed by atoms with Gasteiger partial charge in [0, 0.05) is 17.6 Å². The number of likely N-dealkylation sites (tertiary alicyclic amines) is 1. The summed E-state index contributed by atoms with van der Waals surface area (Å²) in [5.41, 5.74) is 6.82. The molecule has 0 atom stereocenters. The highest BCUT2D eigenvalue weighted by Crippen LogP contribution is 2.26. The first-order chi connectivity index (χ1) is 7.68. The SMILES string of the molecule is NC(=NCc1cccc(Br)c1Cl)N1CCC1. The standard InChI is InChI=1S/C11H13BrClN3/c12-9-4-1-3-8(10(9)13)7-15-11(14)16-5-2-6-16/h1,3-4H,2,5-7H2,(H2,14,15). The van der Waals surface area contributed by atoms with Crippen LogP contribution < -0.4 is 5.73 Å². The van der Waals surface area contributed by atoms with Crippen LogP contribution in [0, 0.1) is 0 Å². The number of rotatable bonds is 2. The summed E-state index contributed by atoms with van der Waals surface area (Å²) in [6, 6.07) is 5.81. The molecule has 5 heteroatoms. The molecule has 1 aliphatic heterocycles. The van der Waals surface area contributed by atoms with E-state index < -0.39 is 0 Å². The number of aliphatic imine (C=N–C) groups is 1. The predicted molar refractivity (Wildman–Crippen MR) is 70.7 cm³/mol. The molecule has 3 nitrogen and oxygen atoms in total. The topological polar surface area (TPSA) is 41.6 Å². The van der Waals surface area contributed by atoms with Crippen LogP contribution in [-0.4, -0.2) is 23.9 Å². The van der Waals surface area contributed by atoms with Crippen LogP contribution in [0.25, 0.3) is 0 Å². The summed E-state index contributed by atoms with van der Waals surface area (Å²) < 4.78 is 0.893. The van der Waals surface area contributed by atoms with Gasteiger partial charge in [-0.3, -0.25) is 0 Å². The summed E-state index contributed by atoms with van der Waals surface area (Å²) >= 11 is 9.52. The third kappa shape index (κ3) is 2.50. The van der Waals surface area contributed by atoms with E-state index in [0.717, 1.165) is 23.1 Å². The largest absolute Gasteiger partial charge is 0.370 e. The van der Waals surface area contributed by atoms with Gasteiger partial charge in [-0.15, -0.1) is 0 Å².